The van der Waals surface area contributed by atoms with Gasteiger partial charge in [-0.1, -0.05) is 25.1 Å². The van der Waals surface area contributed by atoms with Crippen molar-refractivity contribution < 1.29 is 4.79 Å². The second-order valence-corrected chi connectivity index (χ2v) is 4.89. The van der Waals surface area contributed by atoms with Crippen molar-refractivity contribution in [3.8, 4) is 0 Å². The lowest BCUT2D eigenvalue weighted by Gasteiger charge is -2.08. The molecule has 1 aromatic rings. The third-order valence-corrected chi connectivity index (χ3v) is 3.06. The Morgan fingerprint density at radius 2 is 2.41 bits per heavy atom. The third kappa shape index (κ3) is 4.20. The van der Waals surface area contributed by atoms with Crippen LogP contribution in [0.25, 0.3) is 0 Å². The van der Waals surface area contributed by atoms with E-state index < -0.39 is 5.25 Å². The van der Waals surface area contributed by atoms with Crippen LogP contribution in [0.15, 0.2) is 16.0 Å². The number of hydrazine groups is 1. The Hall–Kier alpha value is -1.34. The van der Waals surface area contributed by atoms with Crippen molar-refractivity contribution in [2.45, 2.75) is 37.1 Å². The molecule has 0 saturated carbocycles. The normalized spacial score (nSPS) is 12.2. The zero-order chi connectivity index (χ0) is 12.8. The summed E-state index contributed by atoms with van der Waals surface area (Å²) in [6, 6.07) is 1.47. The Labute approximate surface area is 103 Å². The first-order chi connectivity index (χ1) is 8.06. The number of carbonyl (C=O) groups is 1. The zero-order valence-corrected chi connectivity index (χ0v) is 10.6. The minimum Gasteiger partial charge on any atom is -0.301 e. The van der Waals surface area contributed by atoms with E-state index in [1.165, 1.54) is 17.8 Å². The molecule has 0 fully saturated rings. The van der Waals surface area contributed by atoms with Crippen LogP contribution in [-0.4, -0.2) is 21.1 Å². The average molecular weight is 256 g/mol. The highest BCUT2D eigenvalue weighted by molar-refractivity contribution is 8.00. The Bertz CT molecular complexity index is 446. The highest BCUT2D eigenvalue weighted by atomic mass is 32.2. The average Bonchev–Trinajstić information content (AvgIpc) is 2.27. The van der Waals surface area contributed by atoms with Gasteiger partial charge < -0.3 is 4.98 Å². The van der Waals surface area contributed by atoms with Crippen LogP contribution in [0, 0.1) is 0 Å². The number of carbonyl (C=O) groups excluding carboxylic acids is 1. The van der Waals surface area contributed by atoms with Gasteiger partial charge in [0.2, 0.25) is 5.91 Å². The molecule has 0 aliphatic heterocycles. The van der Waals surface area contributed by atoms with Crippen molar-refractivity contribution in [2.24, 2.45) is 5.84 Å². The number of aryl methyl sites for hydroxylation is 1. The molecular weight excluding hydrogens is 240 g/mol. The number of aromatic amines is 1. The molecule has 0 aliphatic rings. The van der Waals surface area contributed by atoms with E-state index in [2.05, 4.69) is 15.4 Å². The van der Waals surface area contributed by atoms with Crippen LogP contribution in [0.3, 0.4) is 0 Å². The van der Waals surface area contributed by atoms with E-state index in [1.807, 2.05) is 6.92 Å². The van der Waals surface area contributed by atoms with Crippen LogP contribution in [0.4, 0.5) is 0 Å². The molecule has 94 valence electrons. The van der Waals surface area contributed by atoms with Gasteiger partial charge in [-0.2, -0.15) is 0 Å². The van der Waals surface area contributed by atoms with Gasteiger partial charge in [0, 0.05) is 11.8 Å². The van der Waals surface area contributed by atoms with E-state index >= 15 is 0 Å². The summed E-state index contributed by atoms with van der Waals surface area (Å²) in [6.45, 7) is 3.71. The molecule has 1 unspecified atom stereocenters. The Morgan fingerprint density at radius 1 is 1.71 bits per heavy atom. The molecule has 0 saturated heterocycles. The highest BCUT2D eigenvalue weighted by Crippen LogP contribution is 2.18. The van der Waals surface area contributed by atoms with Crippen molar-refractivity contribution in [3.05, 3.63) is 22.1 Å². The van der Waals surface area contributed by atoms with E-state index in [9.17, 15) is 9.59 Å². The fourth-order valence-electron chi connectivity index (χ4n) is 1.26. The van der Waals surface area contributed by atoms with Gasteiger partial charge in [-0.3, -0.25) is 15.0 Å². The molecule has 1 heterocycles. The van der Waals surface area contributed by atoms with Crippen LogP contribution < -0.4 is 16.8 Å². The summed E-state index contributed by atoms with van der Waals surface area (Å²) in [6.07, 6.45) is 1.66. The van der Waals surface area contributed by atoms with Gasteiger partial charge in [0.05, 0.1) is 5.25 Å². The molecule has 17 heavy (non-hydrogen) atoms. The number of thioether (sulfide) groups is 1. The minimum atomic E-state index is -0.403. The van der Waals surface area contributed by atoms with Gasteiger partial charge in [0.15, 0.2) is 5.16 Å². The van der Waals surface area contributed by atoms with E-state index in [0.29, 0.717) is 5.16 Å². The first kappa shape index (κ1) is 13.7. The standard InChI is InChI=1S/C10H16N4O2S/c1-3-4-7-5-8(15)13-10(12-7)17-6(2)9(16)14-11/h5-6H,3-4,11H2,1-2H3,(H,14,16)(H,12,13,15). The lowest BCUT2D eigenvalue weighted by molar-refractivity contribution is -0.120. The van der Waals surface area contributed by atoms with Gasteiger partial charge in [0.1, 0.15) is 0 Å². The molecule has 1 aromatic heterocycles. The van der Waals surface area contributed by atoms with Gasteiger partial charge in [-0.25, -0.2) is 10.8 Å². The van der Waals surface area contributed by atoms with Crippen molar-refractivity contribution in [1.29, 1.82) is 0 Å². The summed E-state index contributed by atoms with van der Waals surface area (Å²) < 4.78 is 0. The summed E-state index contributed by atoms with van der Waals surface area (Å²) in [7, 11) is 0. The predicted octanol–water partition coefficient (Wildman–Crippen LogP) is 0.193. The number of hydrogen-bond donors (Lipinski definition) is 3. The van der Waals surface area contributed by atoms with Crippen molar-refractivity contribution in [2.75, 3.05) is 0 Å². The second-order valence-electron chi connectivity index (χ2n) is 3.56. The van der Waals surface area contributed by atoms with Crippen molar-refractivity contribution >= 4 is 17.7 Å². The Kier molecular flexibility index (Phi) is 5.17. The number of amides is 1. The monoisotopic (exact) mass is 256 g/mol. The van der Waals surface area contributed by atoms with Crippen LogP contribution in [0.1, 0.15) is 26.0 Å². The fraction of sp³-hybridized carbons (Fsp3) is 0.500. The third-order valence-electron chi connectivity index (χ3n) is 2.08. The van der Waals surface area contributed by atoms with Crippen LogP contribution in [0.5, 0.6) is 0 Å². The van der Waals surface area contributed by atoms with Gasteiger partial charge in [-0.05, 0) is 13.3 Å². The first-order valence-electron chi connectivity index (χ1n) is 5.34. The summed E-state index contributed by atoms with van der Waals surface area (Å²) in [5, 5.41) is 0.0390. The molecule has 0 spiro atoms. The summed E-state index contributed by atoms with van der Waals surface area (Å²) in [5.41, 5.74) is 2.59. The molecule has 6 nitrogen and oxygen atoms in total. The highest BCUT2D eigenvalue weighted by Gasteiger charge is 2.14. The molecule has 0 bridgehead atoms. The van der Waals surface area contributed by atoms with Gasteiger partial charge in [0.25, 0.3) is 5.56 Å². The summed E-state index contributed by atoms with van der Waals surface area (Å²) >= 11 is 1.17. The van der Waals surface area contributed by atoms with Gasteiger partial charge in [-0.15, -0.1) is 0 Å². The molecule has 0 radical (unpaired) electrons. The molecular formula is C10H16N4O2S. The van der Waals surface area contributed by atoms with E-state index in [0.717, 1.165) is 18.5 Å². The van der Waals surface area contributed by atoms with Gasteiger partial charge >= 0.3 is 0 Å². The summed E-state index contributed by atoms with van der Waals surface area (Å²) in [4.78, 5) is 29.5. The molecule has 0 aromatic carbocycles. The first-order valence-corrected chi connectivity index (χ1v) is 6.22. The smallest absolute Gasteiger partial charge is 0.251 e. The van der Waals surface area contributed by atoms with Crippen LogP contribution >= 0.6 is 11.8 Å². The minimum absolute atomic E-state index is 0.202. The number of nitrogens with zero attached hydrogens (tertiary/aromatic N) is 1. The molecule has 1 amide bonds. The SMILES string of the molecule is CCCc1cc(=O)[nH]c(SC(C)C(=O)NN)n1. The number of rotatable bonds is 5. The van der Waals surface area contributed by atoms with Crippen molar-refractivity contribution in [1.82, 2.24) is 15.4 Å². The number of hydrogen-bond acceptors (Lipinski definition) is 5. The lowest BCUT2D eigenvalue weighted by Crippen LogP contribution is -2.36. The Morgan fingerprint density at radius 3 is 3.00 bits per heavy atom. The second kappa shape index (κ2) is 6.41. The quantitative estimate of drug-likeness (QED) is 0.229. The maximum atomic E-state index is 11.4. The number of nitrogens with one attached hydrogen (secondary N) is 2. The van der Waals surface area contributed by atoms with Crippen LogP contribution in [-0.2, 0) is 11.2 Å². The van der Waals surface area contributed by atoms with Crippen LogP contribution in [0.2, 0.25) is 0 Å². The number of H-pyrrole nitrogens is 1. The fourth-order valence-corrected chi connectivity index (χ4v) is 2.10. The topological polar surface area (TPSA) is 101 Å². The maximum absolute atomic E-state index is 11.4. The zero-order valence-electron chi connectivity index (χ0n) is 9.82. The van der Waals surface area contributed by atoms with E-state index in [1.54, 1.807) is 6.92 Å². The lowest BCUT2D eigenvalue weighted by atomic mass is 10.2. The Balaban J connectivity index is 2.83. The predicted molar refractivity (Wildman–Crippen MR) is 66.5 cm³/mol. The maximum Gasteiger partial charge on any atom is 0.251 e. The molecule has 4 N–H and O–H groups in total. The number of aromatic nitrogens is 2. The van der Waals surface area contributed by atoms with E-state index in [-0.39, 0.29) is 11.5 Å². The van der Waals surface area contributed by atoms with E-state index in [4.69, 9.17) is 5.84 Å². The molecule has 1 atom stereocenters. The van der Waals surface area contributed by atoms with Crippen molar-refractivity contribution in [3.63, 3.8) is 0 Å². The summed E-state index contributed by atoms with van der Waals surface area (Å²) in [5.74, 6) is 4.72. The largest absolute Gasteiger partial charge is 0.301 e. The number of nitrogens with two attached hydrogens (primary N) is 1. The molecule has 0 aliphatic carbocycles. The molecule has 1 rings (SSSR count). The molecule has 7 heteroatoms.